The lowest BCUT2D eigenvalue weighted by Gasteiger charge is -2.33. The zero-order chi connectivity index (χ0) is 23.0. The van der Waals surface area contributed by atoms with Crippen molar-refractivity contribution in [3.8, 4) is 0 Å². The van der Waals surface area contributed by atoms with Crippen LogP contribution in [0.5, 0.6) is 0 Å². The number of amides is 2. The minimum absolute atomic E-state index is 0.120. The topological polar surface area (TPSA) is 62.3 Å². The number of nitrogens with one attached hydrogen (secondary N) is 1. The fourth-order valence-corrected chi connectivity index (χ4v) is 5.23. The van der Waals surface area contributed by atoms with Crippen molar-refractivity contribution < 1.29 is 9.59 Å². The van der Waals surface area contributed by atoms with E-state index in [1.165, 1.54) is 17.8 Å². The molecule has 172 valence electrons. The fourth-order valence-electron chi connectivity index (χ4n) is 4.33. The summed E-state index contributed by atoms with van der Waals surface area (Å²) in [6, 6.07) is 14.3. The number of carbonyl (C=O) groups is 2. The zero-order valence-corrected chi connectivity index (χ0v) is 20.0. The molecule has 1 aliphatic carbocycles. The number of nitrogens with zero attached hydrogens (tertiary/aromatic N) is 2. The highest BCUT2D eigenvalue weighted by molar-refractivity contribution is 7.10. The third-order valence-corrected chi connectivity index (χ3v) is 7.28. The Kier molecular flexibility index (Phi) is 8.13. The molecule has 33 heavy (non-hydrogen) atoms. The van der Waals surface area contributed by atoms with E-state index < -0.39 is 6.04 Å². The summed E-state index contributed by atoms with van der Waals surface area (Å²) >= 11 is 7.99. The van der Waals surface area contributed by atoms with Crippen molar-refractivity contribution in [3.05, 3.63) is 87.3 Å². The lowest BCUT2D eigenvalue weighted by atomic mass is 9.94. The minimum atomic E-state index is -0.788. The number of hydrogen-bond acceptors (Lipinski definition) is 4. The Balaban J connectivity index is 1.68. The normalized spacial score (nSPS) is 15.1. The third-order valence-electron chi connectivity index (χ3n) is 6.04. The zero-order valence-electron chi connectivity index (χ0n) is 18.5. The highest BCUT2D eigenvalue weighted by Gasteiger charge is 2.33. The van der Waals surface area contributed by atoms with Gasteiger partial charge in [0.1, 0.15) is 6.04 Å². The number of hydrogen-bond donors (Lipinski definition) is 1. The van der Waals surface area contributed by atoms with Gasteiger partial charge in [-0.15, -0.1) is 11.3 Å². The Hall–Kier alpha value is -2.70. The van der Waals surface area contributed by atoms with E-state index in [2.05, 4.69) is 10.3 Å². The van der Waals surface area contributed by atoms with Crippen LogP contribution in [-0.2, 0) is 22.6 Å². The van der Waals surface area contributed by atoms with Crippen LogP contribution in [-0.4, -0.2) is 27.7 Å². The molecule has 1 atom stereocenters. The largest absolute Gasteiger partial charge is 0.351 e. The second-order valence-corrected chi connectivity index (χ2v) is 9.84. The first-order valence-electron chi connectivity index (χ1n) is 11.4. The Morgan fingerprint density at radius 2 is 1.91 bits per heavy atom. The molecule has 2 heterocycles. The van der Waals surface area contributed by atoms with E-state index in [4.69, 9.17) is 11.6 Å². The Morgan fingerprint density at radius 3 is 2.61 bits per heavy atom. The summed E-state index contributed by atoms with van der Waals surface area (Å²) in [5.74, 6) is -0.286. The van der Waals surface area contributed by atoms with E-state index in [1.54, 1.807) is 29.4 Å². The molecule has 0 spiro atoms. The van der Waals surface area contributed by atoms with Crippen molar-refractivity contribution >= 4 is 34.8 Å². The van der Waals surface area contributed by atoms with E-state index in [0.717, 1.165) is 36.1 Å². The number of halogens is 1. The first-order chi connectivity index (χ1) is 16.1. The molecule has 0 aliphatic heterocycles. The van der Waals surface area contributed by atoms with Crippen LogP contribution < -0.4 is 5.32 Å². The molecule has 0 bridgehead atoms. The summed E-state index contributed by atoms with van der Waals surface area (Å²) in [4.78, 5) is 34.1. The maximum atomic E-state index is 13.7. The van der Waals surface area contributed by atoms with Gasteiger partial charge in [0.15, 0.2) is 0 Å². The molecule has 1 fully saturated rings. The van der Waals surface area contributed by atoms with Gasteiger partial charge in [-0.3, -0.25) is 14.6 Å². The summed E-state index contributed by atoms with van der Waals surface area (Å²) in [7, 11) is 0. The monoisotopic (exact) mass is 481 g/mol. The molecule has 4 rings (SSSR count). The van der Waals surface area contributed by atoms with Gasteiger partial charge in [-0.05, 0) is 42.0 Å². The first-order valence-corrected chi connectivity index (χ1v) is 12.6. The lowest BCUT2D eigenvalue weighted by molar-refractivity contribution is -0.141. The standard InChI is InChI=1S/C26H28ClN3O2S/c27-23-13-5-4-8-20(23)18-30(24(31)16-22-12-7-15-33-22)25(19-9-6-14-28-17-19)26(32)29-21-10-2-1-3-11-21/h4-9,12-15,17,21,25H,1-3,10-11,16,18H2,(H,29,32)/t25-/m1/s1. The van der Waals surface area contributed by atoms with Gasteiger partial charge >= 0.3 is 0 Å². The van der Waals surface area contributed by atoms with Crippen LogP contribution in [0.25, 0.3) is 0 Å². The van der Waals surface area contributed by atoms with Crippen molar-refractivity contribution in [2.75, 3.05) is 0 Å². The first kappa shape index (κ1) is 23.5. The average Bonchev–Trinajstić information content (AvgIpc) is 3.34. The molecular formula is C26H28ClN3O2S. The van der Waals surface area contributed by atoms with Crippen LogP contribution in [0.15, 0.2) is 66.3 Å². The van der Waals surface area contributed by atoms with Crippen molar-refractivity contribution in [2.45, 2.75) is 57.2 Å². The smallest absolute Gasteiger partial charge is 0.247 e. The van der Waals surface area contributed by atoms with Crippen LogP contribution in [0, 0.1) is 0 Å². The van der Waals surface area contributed by atoms with Gasteiger partial charge in [0.25, 0.3) is 0 Å². The van der Waals surface area contributed by atoms with E-state index in [0.29, 0.717) is 10.6 Å². The van der Waals surface area contributed by atoms with Gasteiger partial charge in [0.05, 0.1) is 6.42 Å². The highest BCUT2D eigenvalue weighted by Crippen LogP contribution is 2.28. The van der Waals surface area contributed by atoms with Crippen molar-refractivity contribution in [2.24, 2.45) is 0 Å². The summed E-state index contributed by atoms with van der Waals surface area (Å²) in [6.07, 6.45) is 8.95. The number of rotatable bonds is 8. The molecule has 2 aromatic heterocycles. The van der Waals surface area contributed by atoms with E-state index in [-0.39, 0.29) is 30.8 Å². The third kappa shape index (κ3) is 6.21. The molecule has 7 heteroatoms. The van der Waals surface area contributed by atoms with Crippen LogP contribution in [0.1, 0.15) is 54.1 Å². The Morgan fingerprint density at radius 1 is 1.09 bits per heavy atom. The molecular weight excluding hydrogens is 454 g/mol. The maximum Gasteiger partial charge on any atom is 0.247 e. The number of benzene rings is 1. The van der Waals surface area contributed by atoms with E-state index in [1.807, 2.05) is 41.8 Å². The molecule has 2 amide bonds. The van der Waals surface area contributed by atoms with Gasteiger partial charge in [-0.2, -0.15) is 0 Å². The number of aromatic nitrogens is 1. The van der Waals surface area contributed by atoms with Crippen LogP contribution >= 0.6 is 22.9 Å². The lowest BCUT2D eigenvalue weighted by Crippen LogP contribution is -2.47. The van der Waals surface area contributed by atoms with Gasteiger partial charge in [-0.1, -0.05) is 61.2 Å². The highest BCUT2D eigenvalue weighted by atomic mass is 35.5. The summed E-state index contributed by atoms with van der Waals surface area (Å²) in [6.45, 7) is 0.238. The SMILES string of the molecule is O=C(NC1CCCCC1)[C@@H](c1cccnc1)N(Cc1ccccc1Cl)C(=O)Cc1cccs1. The summed E-state index contributed by atoms with van der Waals surface area (Å²) < 4.78 is 0. The summed E-state index contributed by atoms with van der Waals surface area (Å²) in [5.41, 5.74) is 1.50. The fraction of sp³-hybridized carbons (Fsp3) is 0.346. The molecule has 0 saturated heterocycles. The predicted molar refractivity (Wildman–Crippen MR) is 132 cm³/mol. The second kappa shape index (κ2) is 11.4. The Bertz CT molecular complexity index is 1050. The van der Waals surface area contributed by atoms with E-state index >= 15 is 0 Å². The van der Waals surface area contributed by atoms with Gasteiger partial charge in [0, 0.05) is 40.4 Å². The van der Waals surface area contributed by atoms with Crippen molar-refractivity contribution in [1.82, 2.24) is 15.2 Å². The number of pyridine rings is 1. The Labute approximate surface area is 203 Å². The second-order valence-electron chi connectivity index (χ2n) is 8.40. The molecule has 1 aromatic carbocycles. The minimum Gasteiger partial charge on any atom is -0.351 e. The van der Waals surface area contributed by atoms with Crippen molar-refractivity contribution in [1.29, 1.82) is 0 Å². The molecule has 1 N–H and O–H groups in total. The molecule has 0 radical (unpaired) electrons. The molecule has 0 unspecified atom stereocenters. The van der Waals surface area contributed by atoms with Crippen LogP contribution in [0.3, 0.4) is 0 Å². The van der Waals surface area contributed by atoms with Gasteiger partial charge < -0.3 is 10.2 Å². The van der Waals surface area contributed by atoms with Gasteiger partial charge in [-0.25, -0.2) is 0 Å². The van der Waals surface area contributed by atoms with Gasteiger partial charge in [0.2, 0.25) is 11.8 Å². The summed E-state index contributed by atoms with van der Waals surface area (Å²) in [5, 5.41) is 5.75. The quantitative estimate of drug-likeness (QED) is 0.458. The number of thiophene rings is 1. The van der Waals surface area contributed by atoms with E-state index in [9.17, 15) is 9.59 Å². The number of carbonyl (C=O) groups excluding carboxylic acids is 2. The molecule has 1 saturated carbocycles. The maximum absolute atomic E-state index is 13.7. The van der Waals surface area contributed by atoms with Crippen molar-refractivity contribution in [3.63, 3.8) is 0 Å². The van der Waals surface area contributed by atoms with Crippen LogP contribution in [0.2, 0.25) is 5.02 Å². The average molecular weight is 482 g/mol. The predicted octanol–water partition coefficient (Wildman–Crippen LogP) is 5.56. The molecule has 3 aromatic rings. The molecule has 1 aliphatic rings. The molecule has 5 nitrogen and oxygen atoms in total. The van der Waals surface area contributed by atoms with Crippen LogP contribution in [0.4, 0.5) is 0 Å².